The van der Waals surface area contributed by atoms with Crippen LogP contribution >= 0.6 is 22.9 Å². The number of hydrogen-bond donors (Lipinski definition) is 2. The third kappa shape index (κ3) is 3.37. The van der Waals surface area contributed by atoms with Crippen LogP contribution in [0.15, 0.2) is 11.2 Å². The van der Waals surface area contributed by atoms with Crippen LogP contribution in [-0.4, -0.2) is 16.0 Å². The van der Waals surface area contributed by atoms with Gasteiger partial charge in [0.2, 0.25) is 0 Å². The molecule has 1 amide bonds. The number of amides is 1. The highest BCUT2D eigenvalue weighted by Crippen LogP contribution is 2.33. The molecule has 3 rings (SSSR count). The van der Waals surface area contributed by atoms with E-state index in [4.69, 9.17) is 5.73 Å². The lowest BCUT2D eigenvalue weighted by Crippen LogP contribution is -2.18. The summed E-state index contributed by atoms with van der Waals surface area (Å²) in [5, 5.41) is 4.84. The molecule has 0 aromatic carbocycles. The Balaban J connectivity index is 1.72. The molecule has 2 aromatic heterocycles. The van der Waals surface area contributed by atoms with Crippen molar-refractivity contribution in [2.75, 3.05) is 5.73 Å². The molecule has 0 fully saturated rings. The molecular weight excluding hydrogens is 340 g/mol. The molecule has 5 nitrogen and oxygen atoms in total. The lowest BCUT2D eigenvalue weighted by atomic mass is 9.87. The van der Waals surface area contributed by atoms with Crippen LogP contribution in [0.25, 0.3) is 0 Å². The van der Waals surface area contributed by atoms with Gasteiger partial charge in [-0.2, -0.15) is 9.47 Å². The molecule has 1 atom stereocenters. The van der Waals surface area contributed by atoms with Gasteiger partial charge in [0, 0.05) is 4.88 Å². The molecule has 0 bridgehead atoms. The molecule has 0 aliphatic heterocycles. The van der Waals surface area contributed by atoms with Crippen molar-refractivity contribution in [1.82, 2.24) is 9.80 Å². The summed E-state index contributed by atoms with van der Waals surface area (Å²) in [5.74, 6) is 0.599. The van der Waals surface area contributed by atoms with Crippen molar-refractivity contribution in [1.29, 1.82) is 0 Å². The Morgan fingerprint density at radius 1 is 1.54 bits per heavy atom. The Morgan fingerprint density at radius 2 is 2.33 bits per heavy atom. The highest BCUT2D eigenvalue weighted by atomic mass is 32.1. The van der Waals surface area contributed by atoms with Gasteiger partial charge in [0.25, 0.3) is 5.91 Å². The Hall–Kier alpha value is -1.73. The topological polar surface area (TPSA) is 80.4 Å². The fourth-order valence-electron chi connectivity index (χ4n) is 3.13. The summed E-state index contributed by atoms with van der Waals surface area (Å²) in [5.41, 5.74) is 12.2. The third-order valence-electron chi connectivity index (χ3n) is 4.56. The molecule has 0 saturated carbocycles. The lowest BCUT2D eigenvalue weighted by molar-refractivity contribution is 0.0959. The molecule has 1 aliphatic carbocycles. The number of hydrazone groups is 1. The van der Waals surface area contributed by atoms with Crippen molar-refractivity contribution in [2.24, 2.45) is 11.0 Å². The number of rotatable bonds is 4. The smallest absolute Gasteiger partial charge is 0.281 e. The number of nitrogens with two attached hydrogens (primary N) is 1. The van der Waals surface area contributed by atoms with E-state index in [0.717, 1.165) is 34.9 Å². The number of nitrogens with one attached hydrogen (secondary N) is 1. The van der Waals surface area contributed by atoms with Gasteiger partial charge in [0.15, 0.2) is 0 Å². The number of thiophene rings is 1. The van der Waals surface area contributed by atoms with E-state index < -0.39 is 0 Å². The molecule has 1 aliphatic rings. The lowest BCUT2D eigenvalue weighted by Gasteiger charge is -2.19. The molecule has 24 heavy (non-hydrogen) atoms. The van der Waals surface area contributed by atoms with E-state index in [-0.39, 0.29) is 5.91 Å². The summed E-state index contributed by atoms with van der Waals surface area (Å²) < 4.78 is 4.21. The predicted molar refractivity (Wildman–Crippen MR) is 101 cm³/mol. The molecule has 0 unspecified atom stereocenters. The van der Waals surface area contributed by atoms with Crippen molar-refractivity contribution in [3.05, 3.63) is 32.6 Å². The second-order valence-corrected chi connectivity index (χ2v) is 8.16. The Bertz CT molecular complexity index is 771. The van der Waals surface area contributed by atoms with E-state index in [1.807, 2.05) is 19.9 Å². The van der Waals surface area contributed by atoms with Crippen molar-refractivity contribution in [3.63, 3.8) is 0 Å². The molecule has 0 saturated heterocycles. The van der Waals surface area contributed by atoms with Gasteiger partial charge in [-0.05, 0) is 62.2 Å². The molecule has 7 heteroatoms. The van der Waals surface area contributed by atoms with Crippen molar-refractivity contribution < 1.29 is 4.79 Å². The fourth-order valence-corrected chi connectivity index (χ4v) is 4.94. The molecule has 0 spiro atoms. The number of nitrogens with zero attached hydrogens (tertiary/aromatic N) is 2. The van der Waals surface area contributed by atoms with Gasteiger partial charge < -0.3 is 5.73 Å². The maximum atomic E-state index is 12.4. The first kappa shape index (κ1) is 17.1. The van der Waals surface area contributed by atoms with Crippen LogP contribution in [0.1, 0.15) is 58.1 Å². The first-order valence-electron chi connectivity index (χ1n) is 8.17. The maximum absolute atomic E-state index is 12.4. The van der Waals surface area contributed by atoms with E-state index >= 15 is 0 Å². The highest BCUT2D eigenvalue weighted by Gasteiger charge is 2.22. The van der Waals surface area contributed by atoms with Crippen LogP contribution < -0.4 is 11.2 Å². The Labute approximate surface area is 150 Å². The summed E-state index contributed by atoms with van der Waals surface area (Å²) in [6.45, 7) is 5.96. The summed E-state index contributed by atoms with van der Waals surface area (Å²) in [4.78, 5) is 14.5. The van der Waals surface area contributed by atoms with E-state index in [1.54, 1.807) is 11.3 Å². The number of aryl methyl sites for hydroxylation is 2. The van der Waals surface area contributed by atoms with E-state index in [1.165, 1.54) is 34.8 Å². The highest BCUT2D eigenvalue weighted by molar-refractivity contribution is 7.14. The van der Waals surface area contributed by atoms with Crippen molar-refractivity contribution >= 4 is 39.5 Å². The first-order chi connectivity index (χ1) is 11.5. The van der Waals surface area contributed by atoms with Gasteiger partial charge >= 0.3 is 0 Å². The summed E-state index contributed by atoms with van der Waals surface area (Å²) in [6, 6.07) is 2.04. The van der Waals surface area contributed by atoms with Crippen LogP contribution in [0.5, 0.6) is 0 Å². The van der Waals surface area contributed by atoms with Crippen molar-refractivity contribution in [2.45, 2.75) is 46.5 Å². The Morgan fingerprint density at radius 3 is 3.00 bits per heavy atom. The number of carbonyl (C=O) groups excluding carboxylic acids is 1. The standard InChI is InChI=1S/C17H22N4OS2/c1-4-11-5-6-13-12(7-11)8-14(23-13)17(22)20-19-9(2)15-10(3)21-24-16(15)18/h8,11H,4-7,18H2,1-3H3,(H,20,22)/b19-9-/t11-/m0/s1. The van der Waals surface area contributed by atoms with Gasteiger partial charge in [-0.3, -0.25) is 4.79 Å². The number of aromatic nitrogens is 1. The van der Waals surface area contributed by atoms with Gasteiger partial charge in [0.1, 0.15) is 5.00 Å². The monoisotopic (exact) mass is 362 g/mol. The quantitative estimate of drug-likeness (QED) is 0.642. The molecule has 0 radical (unpaired) electrons. The number of hydrogen-bond acceptors (Lipinski definition) is 6. The van der Waals surface area contributed by atoms with Gasteiger partial charge in [-0.1, -0.05) is 13.3 Å². The molecule has 2 aromatic rings. The fraction of sp³-hybridized carbons (Fsp3) is 0.471. The van der Waals surface area contributed by atoms with E-state index in [9.17, 15) is 4.79 Å². The Kier molecular flexibility index (Phi) is 5.01. The summed E-state index contributed by atoms with van der Waals surface area (Å²) in [6.07, 6.45) is 4.61. The second-order valence-electron chi connectivity index (χ2n) is 6.22. The van der Waals surface area contributed by atoms with Gasteiger partial charge in [0.05, 0.1) is 21.8 Å². The molecule has 128 valence electrons. The number of anilines is 1. The van der Waals surface area contributed by atoms with Crippen LogP contribution in [0.3, 0.4) is 0 Å². The molecule has 3 N–H and O–H groups in total. The zero-order valence-electron chi connectivity index (χ0n) is 14.2. The number of fused-ring (bicyclic) bond motifs is 1. The normalized spacial score (nSPS) is 17.6. The minimum atomic E-state index is -0.152. The zero-order valence-corrected chi connectivity index (χ0v) is 15.8. The number of carbonyl (C=O) groups is 1. The van der Waals surface area contributed by atoms with E-state index in [0.29, 0.717) is 10.7 Å². The largest absolute Gasteiger partial charge is 0.389 e. The second kappa shape index (κ2) is 7.03. The summed E-state index contributed by atoms with van der Waals surface area (Å²) in [7, 11) is 0. The molecular formula is C17H22N4OS2. The van der Waals surface area contributed by atoms with Crippen molar-refractivity contribution in [3.8, 4) is 0 Å². The minimum Gasteiger partial charge on any atom is -0.389 e. The first-order valence-corrected chi connectivity index (χ1v) is 9.76. The van der Waals surface area contributed by atoms with Gasteiger partial charge in [-0.15, -0.1) is 11.3 Å². The van der Waals surface area contributed by atoms with Crippen LogP contribution in [0.4, 0.5) is 5.00 Å². The SMILES string of the molecule is CC[C@H]1CCc2sc(C(=O)N/N=C(/C)c3c(C)nsc3N)cc2C1. The average molecular weight is 363 g/mol. The zero-order chi connectivity index (χ0) is 17.3. The predicted octanol–water partition coefficient (Wildman–Crippen LogP) is 3.76. The minimum absolute atomic E-state index is 0.152. The van der Waals surface area contributed by atoms with Crippen LogP contribution in [0.2, 0.25) is 0 Å². The summed E-state index contributed by atoms with van der Waals surface area (Å²) >= 11 is 2.84. The average Bonchev–Trinajstić information content (AvgIpc) is 3.14. The third-order valence-corrected chi connectivity index (χ3v) is 6.56. The van der Waals surface area contributed by atoms with Crippen LogP contribution in [0, 0.1) is 12.8 Å². The number of nitrogen functional groups attached to an aromatic ring is 1. The molecule has 2 heterocycles. The van der Waals surface area contributed by atoms with Crippen LogP contribution in [-0.2, 0) is 12.8 Å². The maximum Gasteiger partial charge on any atom is 0.281 e. The van der Waals surface area contributed by atoms with Gasteiger partial charge in [-0.25, -0.2) is 5.43 Å². The van der Waals surface area contributed by atoms with E-state index in [2.05, 4.69) is 21.8 Å².